The van der Waals surface area contributed by atoms with E-state index in [1.807, 2.05) is 60.4 Å². The first kappa shape index (κ1) is 19.2. The van der Waals surface area contributed by atoms with Crippen molar-refractivity contribution in [3.05, 3.63) is 59.7 Å². The number of hydrogen-bond donors (Lipinski definition) is 1. The molecule has 0 spiro atoms. The van der Waals surface area contributed by atoms with Crippen LogP contribution in [0, 0.1) is 5.92 Å². The van der Waals surface area contributed by atoms with Crippen molar-refractivity contribution in [1.82, 2.24) is 4.90 Å². The van der Waals surface area contributed by atoms with Crippen molar-refractivity contribution in [3.8, 4) is 0 Å². The first-order valence-electron chi connectivity index (χ1n) is 10.1. The summed E-state index contributed by atoms with van der Waals surface area (Å²) in [4.78, 5) is 40.7. The van der Waals surface area contributed by atoms with E-state index in [1.165, 1.54) is 5.56 Å². The number of carbonyl (C=O) groups is 3. The Hall–Kier alpha value is -3.15. The average molecular weight is 391 g/mol. The molecule has 2 aromatic rings. The van der Waals surface area contributed by atoms with Crippen LogP contribution in [0.3, 0.4) is 0 Å². The highest BCUT2D eigenvalue weighted by atomic mass is 16.2. The van der Waals surface area contributed by atoms with E-state index in [0.717, 1.165) is 24.2 Å². The summed E-state index contributed by atoms with van der Waals surface area (Å²) in [7, 11) is 0. The van der Waals surface area contributed by atoms with E-state index in [-0.39, 0.29) is 30.1 Å². The van der Waals surface area contributed by atoms with E-state index in [0.29, 0.717) is 25.2 Å². The Morgan fingerprint density at radius 3 is 2.66 bits per heavy atom. The molecule has 1 saturated heterocycles. The standard InChI is InChI=1S/C23H25N3O3/c1-2-21(27)25-11-10-16-8-9-19(12-17(16)14-25)24-23(29)18-13-22(28)26(15-18)20-6-4-3-5-7-20/h3-9,12,18H,2,10-11,13-15H2,1H3,(H,24,29). The molecule has 1 N–H and O–H groups in total. The first-order valence-corrected chi connectivity index (χ1v) is 10.1. The fraction of sp³-hybridized carbons (Fsp3) is 0.348. The molecule has 0 aromatic heterocycles. The summed E-state index contributed by atoms with van der Waals surface area (Å²) in [5.74, 6) is -0.406. The molecule has 150 valence electrons. The van der Waals surface area contributed by atoms with Gasteiger partial charge >= 0.3 is 0 Å². The molecule has 2 aliphatic heterocycles. The maximum atomic E-state index is 12.8. The molecule has 0 radical (unpaired) electrons. The number of benzene rings is 2. The molecule has 1 fully saturated rings. The van der Waals surface area contributed by atoms with Gasteiger partial charge in [-0.1, -0.05) is 31.2 Å². The molecule has 2 heterocycles. The molecule has 0 saturated carbocycles. The summed E-state index contributed by atoms with van der Waals surface area (Å²) in [6.45, 7) is 3.58. The Bertz CT molecular complexity index is 942. The lowest BCUT2D eigenvalue weighted by atomic mass is 9.98. The van der Waals surface area contributed by atoms with Gasteiger partial charge in [-0.3, -0.25) is 14.4 Å². The van der Waals surface area contributed by atoms with Gasteiger partial charge < -0.3 is 15.1 Å². The van der Waals surface area contributed by atoms with Crippen LogP contribution in [0.4, 0.5) is 11.4 Å². The van der Waals surface area contributed by atoms with Crippen LogP contribution in [0.5, 0.6) is 0 Å². The highest BCUT2D eigenvalue weighted by Crippen LogP contribution is 2.27. The third-order valence-corrected chi connectivity index (χ3v) is 5.70. The minimum absolute atomic E-state index is 0.0319. The second-order valence-electron chi connectivity index (χ2n) is 7.63. The largest absolute Gasteiger partial charge is 0.338 e. The van der Waals surface area contributed by atoms with Crippen LogP contribution in [0.25, 0.3) is 0 Å². The van der Waals surface area contributed by atoms with Crippen molar-refractivity contribution in [3.63, 3.8) is 0 Å². The van der Waals surface area contributed by atoms with Gasteiger partial charge in [0.15, 0.2) is 0 Å². The SMILES string of the molecule is CCC(=O)N1CCc2ccc(NC(=O)C3CC(=O)N(c4ccccc4)C3)cc2C1. The fourth-order valence-corrected chi connectivity index (χ4v) is 4.06. The molecule has 2 aliphatic rings. The Kier molecular flexibility index (Phi) is 5.34. The number of rotatable bonds is 4. The van der Waals surface area contributed by atoms with Crippen molar-refractivity contribution < 1.29 is 14.4 Å². The Morgan fingerprint density at radius 1 is 1.10 bits per heavy atom. The topological polar surface area (TPSA) is 69.7 Å². The van der Waals surface area contributed by atoms with E-state index in [4.69, 9.17) is 0 Å². The summed E-state index contributed by atoms with van der Waals surface area (Å²) >= 11 is 0. The van der Waals surface area contributed by atoms with E-state index in [9.17, 15) is 14.4 Å². The van der Waals surface area contributed by atoms with E-state index < -0.39 is 0 Å². The number of para-hydroxylation sites is 1. The van der Waals surface area contributed by atoms with Gasteiger partial charge in [0.25, 0.3) is 0 Å². The molecule has 1 unspecified atom stereocenters. The summed E-state index contributed by atoms with van der Waals surface area (Å²) < 4.78 is 0. The lowest BCUT2D eigenvalue weighted by molar-refractivity contribution is -0.131. The summed E-state index contributed by atoms with van der Waals surface area (Å²) in [5.41, 5.74) is 3.83. The molecular weight excluding hydrogens is 366 g/mol. The molecule has 2 aromatic carbocycles. The van der Waals surface area contributed by atoms with Crippen molar-refractivity contribution in [2.45, 2.75) is 32.7 Å². The van der Waals surface area contributed by atoms with Gasteiger partial charge in [0.05, 0.1) is 5.92 Å². The van der Waals surface area contributed by atoms with Crippen molar-refractivity contribution in [1.29, 1.82) is 0 Å². The maximum Gasteiger partial charge on any atom is 0.229 e. The number of hydrogen-bond acceptors (Lipinski definition) is 3. The van der Waals surface area contributed by atoms with E-state index in [1.54, 1.807) is 4.90 Å². The van der Waals surface area contributed by atoms with Gasteiger partial charge in [-0.05, 0) is 41.8 Å². The third-order valence-electron chi connectivity index (χ3n) is 5.70. The summed E-state index contributed by atoms with van der Waals surface area (Å²) in [6, 6.07) is 15.3. The average Bonchev–Trinajstić information content (AvgIpc) is 3.15. The van der Waals surface area contributed by atoms with Crippen LogP contribution in [0.2, 0.25) is 0 Å². The highest BCUT2D eigenvalue weighted by Gasteiger charge is 2.35. The lowest BCUT2D eigenvalue weighted by Gasteiger charge is -2.29. The molecule has 3 amide bonds. The van der Waals surface area contributed by atoms with Gasteiger partial charge in [0.2, 0.25) is 17.7 Å². The van der Waals surface area contributed by atoms with Crippen molar-refractivity contribution >= 4 is 29.1 Å². The minimum atomic E-state index is -0.378. The van der Waals surface area contributed by atoms with E-state index >= 15 is 0 Å². The van der Waals surface area contributed by atoms with E-state index in [2.05, 4.69) is 5.32 Å². The minimum Gasteiger partial charge on any atom is -0.338 e. The summed E-state index contributed by atoms with van der Waals surface area (Å²) in [5, 5.41) is 2.96. The molecule has 0 bridgehead atoms. The highest BCUT2D eigenvalue weighted by molar-refractivity contribution is 6.03. The number of carbonyl (C=O) groups excluding carboxylic acids is 3. The Morgan fingerprint density at radius 2 is 1.90 bits per heavy atom. The van der Waals surface area contributed by atoms with Crippen LogP contribution in [-0.2, 0) is 27.3 Å². The predicted octanol–water partition coefficient (Wildman–Crippen LogP) is 2.97. The zero-order valence-corrected chi connectivity index (χ0v) is 16.6. The van der Waals surface area contributed by atoms with Gasteiger partial charge in [0, 0.05) is 43.9 Å². The Balaban J connectivity index is 1.43. The van der Waals surface area contributed by atoms with Crippen LogP contribution >= 0.6 is 0 Å². The molecule has 4 rings (SSSR count). The van der Waals surface area contributed by atoms with Crippen molar-refractivity contribution in [2.24, 2.45) is 5.92 Å². The monoisotopic (exact) mass is 391 g/mol. The molecule has 29 heavy (non-hydrogen) atoms. The lowest BCUT2D eigenvalue weighted by Crippen LogP contribution is -2.35. The summed E-state index contributed by atoms with van der Waals surface area (Å²) in [6.07, 6.45) is 1.54. The second kappa shape index (κ2) is 8.07. The second-order valence-corrected chi connectivity index (χ2v) is 7.63. The number of fused-ring (bicyclic) bond motifs is 1. The molecule has 6 heteroatoms. The predicted molar refractivity (Wildman–Crippen MR) is 111 cm³/mol. The zero-order valence-electron chi connectivity index (χ0n) is 16.6. The van der Waals surface area contributed by atoms with Crippen LogP contribution < -0.4 is 10.2 Å². The molecule has 6 nitrogen and oxygen atoms in total. The number of nitrogens with zero attached hydrogens (tertiary/aromatic N) is 2. The fourth-order valence-electron chi connectivity index (χ4n) is 4.06. The van der Waals surface area contributed by atoms with Gasteiger partial charge in [-0.25, -0.2) is 0 Å². The van der Waals surface area contributed by atoms with Crippen molar-refractivity contribution in [2.75, 3.05) is 23.3 Å². The number of anilines is 2. The quantitative estimate of drug-likeness (QED) is 0.871. The number of nitrogens with one attached hydrogen (secondary N) is 1. The Labute approximate surface area is 170 Å². The molecule has 0 aliphatic carbocycles. The normalized spacial score (nSPS) is 18.5. The maximum absolute atomic E-state index is 12.8. The third kappa shape index (κ3) is 4.01. The number of amides is 3. The smallest absolute Gasteiger partial charge is 0.229 e. The van der Waals surface area contributed by atoms with Gasteiger partial charge in [-0.2, -0.15) is 0 Å². The molecule has 1 atom stereocenters. The zero-order chi connectivity index (χ0) is 20.4. The van der Waals surface area contributed by atoms with Crippen LogP contribution in [-0.4, -0.2) is 35.7 Å². The molecular formula is C23H25N3O3. The van der Waals surface area contributed by atoms with Crippen LogP contribution in [0.1, 0.15) is 30.9 Å². The van der Waals surface area contributed by atoms with Crippen LogP contribution in [0.15, 0.2) is 48.5 Å². The van der Waals surface area contributed by atoms with Gasteiger partial charge in [-0.15, -0.1) is 0 Å². The van der Waals surface area contributed by atoms with Gasteiger partial charge in [0.1, 0.15) is 0 Å². The first-order chi connectivity index (χ1) is 14.0.